The van der Waals surface area contributed by atoms with Crippen LogP contribution in [-0.2, 0) is 4.74 Å². The van der Waals surface area contributed by atoms with E-state index >= 15 is 0 Å². The molecule has 0 aromatic rings. The zero-order valence-electron chi connectivity index (χ0n) is 9.88. The lowest BCUT2D eigenvalue weighted by molar-refractivity contribution is 0.0859. The average Bonchev–Trinajstić information content (AvgIpc) is 2.70. The Morgan fingerprint density at radius 2 is 2.20 bits per heavy atom. The Kier molecular flexibility index (Phi) is 4.88. The van der Waals surface area contributed by atoms with Gasteiger partial charge >= 0.3 is 6.03 Å². The quantitative estimate of drug-likeness (QED) is 0.747. The van der Waals surface area contributed by atoms with E-state index in [-0.39, 0.29) is 24.2 Å². The summed E-state index contributed by atoms with van der Waals surface area (Å²) in [6, 6.07) is 0.227. The Morgan fingerprint density at radius 3 is 2.73 bits per heavy atom. The molecule has 4 nitrogen and oxygen atoms in total. The highest BCUT2D eigenvalue weighted by Crippen LogP contribution is 2.15. The van der Waals surface area contributed by atoms with Crippen LogP contribution in [-0.4, -0.2) is 30.8 Å². The first kappa shape index (κ1) is 12.3. The van der Waals surface area contributed by atoms with Gasteiger partial charge < -0.3 is 15.4 Å². The van der Waals surface area contributed by atoms with Crippen LogP contribution in [0.2, 0.25) is 0 Å². The van der Waals surface area contributed by atoms with Gasteiger partial charge in [-0.25, -0.2) is 4.79 Å². The number of urea groups is 1. The van der Waals surface area contributed by atoms with Gasteiger partial charge in [-0.1, -0.05) is 6.92 Å². The first-order valence-corrected chi connectivity index (χ1v) is 5.82. The SMILES string of the molecule is CC[C@H](C)NC(=O)N[C@H](C)[C@@H]1CCCO1. The lowest BCUT2D eigenvalue weighted by atomic mass is 10.1. The summed E-state index contributed by atoms with van der Waals surface area (Å²) in [7, 11) is 0. The molecule has 3 atom stereocenters. The number of hydrogen-bond donors (Lipinski definition) is 2. The van der Waals surface area contributed by atoms with Crippen LogP contribution >= 0.6 is 0 Å². The molecule has 0 spiro atoms. The van der Waals surface area contributed by atoms with E-state index in [1.165, 1.54) is 0 Å². The Balaban J connectivity index is 2.24. The molecule has 88 valence electrons. The van der Waals surface area contributed by atoms with E-state index < -0.39 is 0 Å². The zero-order chi connectivity index (χ0) is 11.3. The molecular weight excluding hydrogens is 192 g/mol. The number of rotatable bonds is 4. The first-order valence-electron chi connectivity index (χ1n) is 5.82. The van der Waals surface area contributed by atoms with Crippen LogP contribution in [0.3, 0.4) is 0 Å². The Bertz CT molecular complexity index is 203. The van der Waals surface area contributed by atoms with Crippen LogP contribution in [0, 0.1) is 0 Å². The second kappa shape index (κ2) is 5.95. The van der Waals surface area contributed by atoms with E-state index in [0.29, 0.717) is 0 Å². The molecule has 15 heavy (non-hydrogen) atoms. The molecule has 2 amide bonds. The van der Waals surface area contributed by atoms with Crippen molar-refractivity contribution in [3.63, 3.8) is 0 Å². The van der Waals surface area contributed by atoms with E-state index in [1.807, 2.05) is 13.8 Å². The van der Waals surface area contributed by atoms with Crippen molar-refractivity contribution >= 4 is 6.03 Å². The Morgan fingerprint density at radius 1 is 1.47 bits per heavy atom. The maximum absolute atomic E-state index is 11.5. The van der Waals surface area contributed by atoms with Gasteiger partial charge in [0.05, 0.1) is 12.1 Å². The Hall–Kier alpha value is -0.770. The number of amides is 2. The minimum absolute atomic E-state index is 0.0904. The maximum Gasteiger partial charge on any atom is 0.315 e. The summed E-state index contributed by atoms with van der Waals surface area (Å²) in [5.74, 6) is 0. The highest BCUT2D eigenvalue weighted by Gasteiger charge is 2.23. The highest BCUT2D eigenvalue weighted by atomic mass is 16.5. The lowest BCUT2D eigenvalue weighted by Crippen LogP contribution is -2.48. The number of nitrogens with one attached hydrogen (secondary N) is 2. The van der Waals surface area contributed by atoms with Crippen molar-refractivity contribution in [2.45, 2.75) is 58.2 Å². The second-order valence-electron chi connectivity index (χ2n) is 4.27. The third-order valence-corrected chi connectivity index (χ3v) is 2.87. The zero-order valence-corrected chi connectivity index (χ0v) is 9.88. The molecule has 2 N–H and O–H groups in total. The molecule has 1 fully saturated rings. The van der Waals surface area contributed by atoms with Crippen LogP contribution in [0.1, 0.15) is 40.0 Å². The molecule has 1 aliphatic heterocycles. The number of hydrogen-bond acceptors (Lipinski definition) is 2. The molecule has 1 saturated heterocycles. The maximum atomic E-state index is 11.5. The minimum atomic E-state index is -0.0904. The third kappa shape index (κ3) is 4.08. The first-order chi connectivity index (χ1) is 7.13. The molecule has 1 aliphatic rings. The van der Waals surface area contributed by atoms with Crippen molar-refractivity contribution in [3.05, 3.63) is 0 Å². The van der Waals surface area contributed by atoms with Gasteiger partial charge in [-0.2, -0.15) is 0 Å². The molecule has 0 radical (unpaired) electrons. The summed E-state index contributed by atoms with van der Waals surface area (Å²) in [4.78, 5) is 11.5. The predicted molar refractivity (Wildman–Crippen MR) is 59.9 cm³/mol. The van der Waals surface area contributed by atoms with Gasteiger partial charge in [-0.05, 0) is 33.1 Å². The molecule has 1 rings (SSSR count). The van der Waals surface area contributed by atoms with E-state index in [4.69, 9.17) is 4.74 Å². The van der Waals surface area contributed by atoms with Crippen molar-refractivity contribution in [1.29, 1.82) is 0 Å². The summed E-state index contributed by atoms with van der Waals surface area (Å²) < 4.78 is 5.50. The van der Waals surface area contributed by atoms with Gasteiger partial charge in [0.2, 0.25) is 0 Å². The smallest absolute Gasteiger partial charge is 0.315 e. The van der Waals surface area contributed by atoms with Crippen LogP contribution in [0.4, 0.5) is 4.79 Å². The predicted octanol–water partition coefficient (Wildman–Crippen LogP) is 1.65. The van der Waals surface area contributed by atoms with Gasteiger partial charge in [0, 0.05) is 12.6 Å². The number of ether oxygens (including phenoxy) is 1. The third-order valence-electron chi connectivity index (χ3n) is 2.87. The van der Waals surface area contributed by atoms with Crippen molar-refractivity contribution in [1.82, 2.24) is 10.6 Å². The summed E-state index contributed by atoms with van der Waals surface area (Å²) in [6.07, 6.45) is 3.28. The van der Waals surface area contributed by atoms with Gasteiger partial charge in [0.1, 0.15) is 0 Å². The summed E-state index contributed by atoms with van der Waals surface area (Å²) in [6.45, 7) is 6.86. The van der Waals surface area contributed by atoms with Gasteiger partial charge in [0.25, 0.3) is 0 Å². The van der Waals surface area contributed by atoms with Crippen molar-refractivity contribution in [2.75, 3.05) is 6.61 Å². The van der Waals surface area contributed by atoms with E-state index in [1.54, 1.807) is 0 Å². The Labute approximate surface area is 91.8 Å². The standard InChI is InChI=1S/C11H22N2O2/c1-4-8(2)12-11(14)13-9(3)10-6-5-7-15-10/h8-10H,4-7H2,1-3H3,(H2,12,13,14)/t8-,9+,10-/m0/s1. The largest absolute Gasteiger partial charge is 0.376 e. The monoisotopic (exact) mass is 214 g/mol. The normalized spacial score (nSPS) is 24.6. The molecule has 0 bridgehead atoms. The lowest BCUT2D eigenvalue weighted by Gasteiger charge is -2.21. The molecular formula is C11H22N2O2. The van der Waals surface area contributed by atoms with Crippen LogP contribution in [0.25, 0.3) is 0 Å². The minimum Gasteiger partial charge on any atom is -0.376 e. The molecule has 0 unspecified atom stereocenters. The van der Waals surface area contributed by atoms with E-state index in [9.17, 15) is 4.79 Å². The van der Waals surface area contributed by atoms with Gasteiger partial charge in [-0.3, -0.25) is 0 Å². The van der Waals surface area contributed by atoms with Crippen LogP contribution < -0.4 is 10.6 Å². The fraction of sp³-hybridized carbons (Fsp3) is 0.909. The van der Waals surface area contributed by atoms with Crippen molar-refractivity contribution in [2.24, 2.45) is 0 Å². The van der Waals surface area contributed by atoms with Crippen molar-refractivity contribution in [3.8, 4) is 0 Å². The average molecular weight is 214 g/mol. The van der Waals surface area contributed by atoms with E-state index in [2.05, 4.69) is 17.6 Å². The fourth-order valence-corrected chi connectivity index (χ4v) is 1.66. The summed E-state index contributed by atoms with van der Waals surface area (Å²) in [5, 5.41) is 5.79. The number of carbonyl (C=O) groups is 1. The summed E-state index contributed by atoms with van der Waals surface area (Å²) in [5.41, 5.74) is 0. The van der Waals surface area contributed by atoms with Crippen molar-refractivity contribution < 1.29 is 9.53 Å². The highest BCUT2D eigenvalue weighted by molar-refractivity contribution is 5.74. The molecule has 0 aliphatic carbocycles. The molecule has 0 saturated carbocycles. The summed E-state index contributed by atoms with van der Waals surface area (Å²) >= 11 is 0. The fourth-order valence-electron chi connectivity index (χ4n) is 1.66. The number of carbonyl (C=O) groups excluding carboxylic acids is 1. The van der Waals surface area contributed by atoms with E-state index in [0.717, 1.165) is 25.9 Å². The van der Waals surface area contributed by atoms with Crippen LogP contribution in [0.15, 0.2) is 0 Å². The van der Waals surface area contributed by atoms with Crippen LogP contribution in [0.5, 0.6) is 0 Å². The molecule has 0 aromatic carbocycles. The van der Waals surface area contributed by atoms with Gasteiger partial charge in [-0.15, -0.1) is 0 Å². The molecule has 1 heterocycles. The second-order valence-corrected chi connectivity index (χ2v) is 4.27. The molecule has 4 heteroatoms. The topological polar surface area (TPSA) is 50.4 Å². The van der Waals surface area contributed by atoms with Gasteiger partial charge in [0.15, 0.2) is 0 Å². The molecule has 0 aromatic heterocycles.